The molecule has 0 radical (unpaired) electrons. The molecule has 0 unspecified atom stereocenters. The average molecular weight is 472 g/mol. The molecule has 7 nitrogen and oxygen atoms in total. The van der Waals surface area contributed by atoms with Crippen molar-refractivity contribution in [1.82, 2.24) is 9.21 Å². The predicted molar refractivity (Wildman–Crippen MR) is 110 cm³/mol. The number of amides is 1. The Labute approximate surface area is 184 Å². The number of piperazine rings is 1. The number of benzene rings is 2. The van der Waals surface area contributed by atoms with Crippen LogP contribution in [-0.2, 0) is 27.4 Å². The number of alkyl halides is 3. The normalized spacial score (nSPS) is 15.5. The highest BCUT2D eigenvalue weighted by atomic mass is 32.2. The number of hydrogen-bond acceptors (Lipinski definition) is 5. The van der Waals surface area contributed by atoms with Gasteiger partial charge in [0.1, 0.15) is 0 Å². The Morgan fingerprint density at radius 1 is 0.969 bits per heavy atom. The second-order valence-electron chi connectivity index (χ2n) is 7.18. The second kappa shape index (κ2) is 9.37. The summed E-state index contributed by atoms with van der Waals surface area (Å²) in [5, 5.41) is 0. The van der Waals surface area contributed by atoms with Crippen LogP contribution in [0.15, 0.2) is 47.4 Å². The summed E-state index contributed by atoms with van der Waals surface area (Å²) in [7, 11) is -1.10. The summed E-state index contributed by atoms with van der Waals surface area (Å²) >= 11 is 0. The van der Waals surface area contributed by atoms with Crippen molar-refractivity contribution >= 4 is 15.9 Å². The molecule has 0 atom stereocenters. The molecule has 1 aliphatic rings. The van der Waals surface area contributed by atoms with Gasteiger partial charge in [-0.1, -0.05) is 12.1 Å². The third-order valence-corrected chi connectivity index (χ3v) is 7.09. The molecule has 1 saturated heterocycles. The van der Waals surface area contributed by atoms with E-state index in [1.54, 1.807) is 18.2 Å². The zero-order valence-electron chi connectivity index (χ0n) is 17.6. The first kappa shape index (κ1) is 23.9. The van der Waals surface area contributed by atoms with Crippen LogP contribution in [0.25, 0.3) is 0 Å². The monoisotopic (exact) mass is 472 g/mol. The highest BCUT2D eigenvalue weighted by molar-refractivity contribution is 7.89. The molecule has 174 valence electrons. The van der Waals surface area contributed by atoms with Gasteiger partial charge in [0.25, 0.3) is 0 Å². The van der Waals surface area contributed by atoms with Crippen molar-refractivity contribution in [3.8, 4) is 11.5 Å². The molecule has 0 N–H and O–H groups in total. The summed E-state index contributed by atoms with van der Waals surface area (Å²) in [5.41, 5.74) is -0.311. The molecule has 32 heavy (non-hydrogen) atoms. The molecule has 0 aromatic heterocycles. The predicted octanol–water partition coefficient (Wildman–Crippen LogP) is 2.80. The van der Waals surface area contributed by atoms with E-state index in [0.29, 0.717) is 23.1 Å². The van der Waals surface area contributed by atoms with Gasteiger partial charge in [0.05, 0.1) is 31.1 Å². The summed E-state index contributed by atoms with van der Waals surface area (Å²) in [6, 6.07) is 8.80. The molecule has 0 saturated carbocycles. The maximum Gasteiger partial charge on any atom is 0.416 e. The van der Waals surface area contributed by atoms with Crippen molar-refractivity contribution < 1.29 is 35.9 Å². The fourth-order valence-corrected chi connectivity index (χ4v) is 4.91. The molecular formula is C21H23F3N2O5S. The number of methoxy groups -OCH3 is 2. The summed E-state index contributed by atoms with van der Waals surface area (Å²) < 4.78 is 75.9. The van der Waals surface area contributed by atoms with Gasteiger partial charge in [0, 0.05) is 26.2 Å². The Bertz CT molecular complexity index is 1080. The number of halogens is 3. The zero-order chi connectivity index (χ0) is 23.5. The number of carbonyl (C=O) groups is 1. The van der Waals surface area contributed by atoms with Crippen LogP contribution in [0.4, 0.5) is 13.2 Å². The molecule has 3 rings (SSSR count). The maximum atomic E-state index is 12.9. The van der Waals surface area contributed by atoms with Gasteiger partial charge in [-0.2, -0.15) is 17.5 Å². The minimum Gasteiger partial charge on any atom is -0.493 e. The Morgan fingerprint density at radius 2 is 1.62 bits per heavy atom. The van der Waals surface area contributed by atoms with Crippen LogP contribution in [0.2, 0.25) is 0 Å². The number of ether oxygens (including phenoxy) is 2. The molecule has 2 aromatic carbocycles. The highest BCUT2D eigenvalue weighted by Crippen LogP contribution is 2.31. The summed E-state index contributed by atoms with van der Waals surface area (Å²) in [5.74, 6) is 0.847. The van der Waals surface area contributed by atoms with Gasteiger partial charge in [0.2, 0.25) is 15.9 Å². The van der Waals surface area contributed by atoms with E-state index in [1.165, 1.54) is 19.1 Å². The summed E-state index contributed by atoms with van der Waals surface area (Å²) in [6.45, 7) is 0.279. The third-order valence-electron chi connectivity index (χ3n) is 5.19. The fourth-order valence-electron chi connectivity index (χ4n) is 3.44. The van der Waals surface area contributed by atoms with E-state index in [0.717, 1.165) is 22.5 Å². The van der Waals surface area contributed by atoms with Crippen molar-refractivity contribution in [2.75, 3.05) is 40.4 Å². The average Bonchev–Trinajstić information content (AvgIpc) is 2.78. The van der Waals surface area contributed by atoms with E-state index in [9.17, 15) is 26.4 Å². The molecular weight excluding hydrogens is 449 g/mol. The summed E-state index contributed by atoms with van der Waals surface area (Å²) in [4.78, 5) is 13.8. The second-order valence-corrected chi connectivity index (χ2v) is 9.11. The Morgan fingerprint density at radius 3 is 2.22 bits per heavy atom. The SMILES string of the molecule is COc1ccc(CC(=O)N2CCN(S(=O)(=O)c3cccc(C(F)(F)F)c3)CC2)cc1OC. The van der Waals surface area contributed by atoms with Crippen LogP contribution in [0.5, 0.6) is 11.5 Å². The van der Waals surface area contributed by atoms with Crippen LogP contribution in [0.1, 0.15) is 11.1 Å². The first-order valence-corrected chi connectivity index (χ1v) is 11.2. The molecule has 1 aliphatic heterocycles. The van der Waals surface area contributed by atoms with Gasteiger partial charge >= 0.3 is 6.18 Å². The number of rotatable bonds is 6. The standard InChI is InChI=1S/C21H23F3N2O5S/c1-30-18-7-6-15(12-19(18)31-2)13-20(27)25-8-10-26(11-9-25)32(28,29)17-5-3-4-16(14-17)21(22,23)24/h3-7,12,14H,8-11,13H2,1-2H3. The molecule has 0 spiro atoms. The van der Waals surface area contributed by atoms with Crippen LogP contribution in [0.3, 0.4) is 0 Å². The van der Waals surface area contributed by atoms with Gasteiger partial charge < -0.3 is 14.4 Å². The quantitative estimate of drug-likeness (QED) is 0.646. The lowest BCUT2D eigenvalue weighted by molar-refractivity contribution is -0.137. The van der Waals surface area contributed by atoms with Crippen LogP contribution >= 0.6 is 0 Å². The first-order valence-electron chi connectivity index (χ1n) is 9.72. The Kier molecular flexibility index (Phi) is 6.99. The first-order chi connectivity index (χ1) is 15.1. The zero-order valence-corrected chi connectivity index (χ0v) is 18.4. The van der Waals surface area contributed by atoms with Gasteiger partial charge in [-0.25, -0.2) is 8.42 Å². The minimum absolute atomic E-state index is 0.00372. The van der Waals surface area contributed by atoms with Crippen molar-refractivity contribution in [3.05, 3.63) is 53.6 Å². The molecule has 2 aromatic rings. The lowest BCUT2D eigenvalue weighted by atomic mass is 10.1. The van der Waals surface area contributed by atoms with E-state index >= 15 is 0 Å². The van der Waals surface area contributed by atoms with E-state index in [2.05, 4.69) is 0 Å². The fraction of sp³-hybridized carbons (Fsp3) is 0.381. The van der Waals surface area contributed by atoms with Gasteiger partial charge in [-0.15, -0.1) is 0 Å². The van der Waals surface area contributed by atoms with Crippen molar-refractivity contribution in [1.29, 1.82) is 0 Å². The Hall–Kier alpha value is -2.79. The molecule has 0 aliphatic carbocycles. The smallest absolute Gasteiger partial charge is 0.416 e. The lowest BCUT2D eigenvalue weighted by Gasteiger charge is -2.34. The molecule has 11 heteroatoms. The highest BCUT2D eigenvalue weighted by Gasteiger charge is 2.34. The molecule has 0 bridgehead atoms. The molecule has 1 fully saturated rings. The van der Waals surface area contributed by atoms with Gasteiger partial charge in [-0.3, -0.25) is 4.79 Å². The minimum atomic E-state index is -4.64. The third kappa shape index (κ3) is 5.16. The number of carbonyl (C=O) groups excluding carboxylic acids is 1. The molecule has 1 heterocycles. The van der Waals surface area contributed by atoms with Crippen LogP contribution in [-0.4, -0.2) is 63.9 Å². The number of hydrogen-bond donors (Lipinski definition) is 0. The lowest BCUT2D eigenvalue weighted by Crippen LogP contribution is -2.50. The van der Waals surface area contributed by atoms with E-state index in [-0.39, 0.29) is 38.5 Å². The van der Waals surface area contributed by atoms with Gasteiger partial charge in [-0.05, 0) is 35.9 Å². The number of sulfonamides is 1. The number of nitrogens with zero attached hydrogens (tertiary/aromatic N) is 2. The van der Waals surface area contributed by atoms with Crippen molar-refractivity contribution in [2.24, 2.45) is 0 Å². The topological polar surface area (TPSA) is 76.2 Å². The van der Waals surface area contributed by atoms with Gasteiger partial charge in [0.15, 0.2) is 11.5 Å². The largest absolute Gasteiger partial charge is 0.493 e. The van der Waals surface area contributed by atoms with Crippen LogP contribution < -0.4 is 9.47 Å². The van der Waals surface area contributed by atoms with E-state index < -0.39 is 26.7 Å². The van der Waals surface area contributed by atoms with E-state index in [1.807, 2.05) is 0 Å². The van der Waals surface area contributed by atoms with Crippen LogP contribution in [0, 0.1) is 0 Å². The van der Waals surface area contributed by atoms with Crippen molar-refractivity contribution in [3.63, 3.8) is 0 Å². The van der Waals surface area contributed by atoms with Crippen molar-refractivity contribution in [2.45, 2.75) is 17.5 Å². The maximum absolute atomic E-state index is 12.9. The Balaban J connectivity index is 1.65. The van der Waals surface area contributed by atoms with E-state index in [4.69, 9.17) is 9.47 Å². The summed E-state index contributed by atoms with van der Waals surface area (Å²) in [6.07, 6.45) is -4.54. The molecule has 1 amide bonds.